The number of likely N-dealkylation sites (tertiary alicyclic amines) is 1. The second-order valence-corrected chi connectivity index (χ2v) is 11.1. The van der Waals surface area contributed by atoms with Crippen molar-refractivity contribution in [2.24, 2.45) is 11.3 Å². The van der Waals surface area contributed by atoms with Crippen molar-refractivity contribution in [1.29, 1.82) is 0 Å². The summed E-state index contributed by atoms with van der Waals surface area (Å²) >= 11 is 0. The van der Waals surface area contributed by atoms with Gasteiger partial charge in [-0.05, 0) is 62.5 Å². The first-order valence-corrected chi connectivity index (χ1v) is 12.2. The van der Waals surface area contributed by atoms with Crippen LogP contribution in [-0.4, -0.2) is 51.4 Å². The van der Waals surface area contributed by atoms with Crippen molar-refractivity contribution in [3.63, 3.8) is 0 Å². The largest absolute Gasteiger partial charge is 0.358 e. The molecule has 2 amide bonds. The number of aryl methyl sites for hydroxylation is 1. The maximum absolute atomic E-state index is 13.5. The standard InChI is InChI=1S/C26H37N5O2/c1-16-6-8-20-19(12-16)24(28-15-27-20)30-21-10-11-31(25(21)33)23-9-7-18(14-26(3,4)5)13-22(23)29-17(2)32/h6,8,12,15,18,21-23H,7,9-11,13-14H2,1-5H3,(H,29,32)(H,27,28,30)/t18-,21+,22-,23+/m1/s1. The van der Waals surface area contributed by atoms with Crippen LogP contribution < -0.4 is 10.6 Å². The van der Waals surface area contributed by atoms with Crippen molar-refractivity contribution < 1.29 is 9.59 Å². The van der Waals surface area contributed by atoms with Crippen LogP contribution in [-0.2, 0) is 9.59 Å². The third-order valence-electron chi connectivity index (χ3n) is 6.95. The molecular formula is C26H37N5O2. The normalized spacial score (nSPS) is 26.0. The highest BCUT2D eigenvalue weighted by molar-refractivity contribution is 5.93. The number of anilines is 1. The Morgan fingerprint density at radius 3 is 2.70 bits per heavy atom. The number of fused-ring (bicyclic) bond motifs is 1. The summed E-state index contributed by atoms with van der Waals surface area (Å²) in [6, 6.07) is 5.81. The quantitative estimate of drug-likeness (QED) is 0.716. The van der Waals surface area contributed by atoms with Crippen LogP contribution in [0.25, 0.3) is 10.9 Å². The highest BCUT2D eigenvalue weighted by Crippen LogP contribution is 2.37. The van der Waals surface area contributed by atoms with Crippen molar-refractivity contribution in [3.8, 4) is 0 Å². The van der Waals surface area contributed by atoms with Crippen molar-refractivity contribution in [1.82, 2.24) is 20.2 Å². The number of amides is 2. The van der Waals surface area contributed by atoms with Crippen LogP contribution in [0.3, 0.4) is 0 Å². The lowest BCUT2D eigenvalue weighted by molar-refractivity contribution is -0.133. The summed E-state index contributed by atoms with van der Waals surface area (Å²) in [5, 5.41) is 7.49. The second kappa shape index (κ2) is 9.27. The van der Waals surface area contributed by atoms with E-state index in [1.807, 2.05) is 24.0 Å². The summed E-state index contributed by atoms with van der Waals surface area (Å²) in [5.41, 5.74) is 2.25. The first-order chi connectivity index (χ1) is 15.6. The minimum atomic E-state index is -0.311. The molecule has 1 aliphatic heterocycles. The molecule has 0 spiro atoms. The third kappa shape index (κ3) is 5.45. The Labute approximate surface area is 196 Å². The van der Waals surface area contributed by atoms with Gasteiger partial charge in [-0.1, -0.05) is 32.4 Å². The Kier molecular flexibility index (Phi) is 6.59. The van der Waals surface area contributed by atoms with Gasteiger partial charge in [0.15, 0.2) is 0 Å². The fraction of sp³-hybridized carbons (Fsp3) is 0.615. The van der Waals surface area contributed by atoms with Gasteiger partial charge in [0, 0.05) is 24.9 Å². The van der Waals surface area contributed by atoms with E-state index in [4.69, 9.17) is 0 Å². The number of benzene rings is 1. The van der Waals surface area contributed by atoms with Gasteiger partial charge in [-0.3, -0.25) is 9.59 Å². The van der Waals surface area contributed by atoms with Gasteiger partial charge >= 0.3 is 0 Å². The van der Waals surface area contributed by atoms with Gasteiger partial charge < -0.3 is 15.5 Å². The number of aromatic nitrogens is 2. The van der Waals surface area contributed by atoms with Crippen LogP contribution in [0.15, 0.2) is 24.5 Å². The van der Waals surface area contributed by atoms with Crippen molar-refractivity contribution >= 4 is 28.5 Å². The molecule has 1 aromatic heterocycles. The molecule has 1 aliphatic carbocycles. The lowest BCUT2D eigenvalue weighted by atomic mass is 9.74. The van der Waals surface area contributed by atoms with E-state index in [9.17, 15) is 9.59 Å². The Bertz CT molecular complexity index is 1030. The molecule has 1 saturated carbocycles. The molecule has 4 atom stereocenters. The molecule has 7 nitrogen and oxygen atoms in total. The second-order valence-electron chi connectivity index (χ2n) is 11.1. The number of rotatable bonds is 5. The van der Waals surface area contributed by atoms with Crippen LogP contribution in [0.5, 0.6) is 0 Å². The van der Waals surface area contributed by atoms with E-state index >= 15 is 0 Å². The van der Waals surface area contributed by atoms with E-state index in [0.717, 1.165) is 48.6 Å². The molecule has 2 heterocycles. The Hall–Kier alpha value is -2.70. The topological polar surface area (TPSA) is 87.2 Å². The molecule has 33 heavy (non-hydrogen) atoms. The minimum Gasteiger partial charge on any atom is -0.358 e. The fourth-order valence-corrected chi connectivity index (χ4v) is 5.70. The molecule has 178 valence electrons. The maximum Gasteiger partial charge on any atom is 0.245 e. The van der Waals surface area contributed by atoms with Crippen LogP contribution in [0.1, 0.15) is 65.4 Å². The van der Waals surface area contributed by atoms with E-state index in [1.54, 1.807) is 13.3 Å². The molecule has 2 aliphatic rings. The molecule has 0 unspecified atom stereocenters. The highest BCUT2D eigenvalue weighted by atomic mass is 16.2. The SMILES string of the molecule is CC(=O)N[C@@H]1C[C@H](CC(C)(C)C)CC[C@@H]1N1CC[C@H](Nc2ncnc3ccc(C)cc23)C1=O. The summed E-state index contributed by atoms with van der Waals surface area (Å²) in [4.78, 5) is 36.2. The van der Waals surface area contributed by atoms with Crippen LogP contribution in [0, 0.1) is 18.3 Å². The fourth-order valence-electron chi connectivity index (χ4n) is 5.70. The zero-order chi connectivity index (χ0) is 23.8. The van der Waals surface area contributed by atoms with Crippen molar-refractivity contribution in [2.45, 2.75) is 84.8 Å². The number of carbonyl (C=O) groups excluding carboxylic acids is 2. The number of nitrogens with zero attached hydrogens (tertiary/aromatic N) is 3. The van der Waals surface area contributed by atoms with Crippen LogP contribution in [0.2, 0.25) is 0 Å². The molecule has 1 saturated heterocycles. The van der Waals surface area contributed by atoms with E-state index < -0.39 is 0 Å². The van der Waals surface area contributed by atoms with Crippen molar-refractivity contribution in [2.75, 3.05) is 11.9 Å². The number of hydrogen-bond donors (Lipinski definition) is 2. The zero-order valence-corrected chi connectivity index (χ0v) is 20.5. The van der Waals surface area contributed by atoms with Gasteiger partial charge in [0.25, 0.3) is 0 Å². The Morgan fingerprint density at radius 2 is 1.97 bits per heavy atom. The molecular weight excluding hydrogens is 414 g/mol. The predicted molar refractivity (Wildman–Crippen MR) is 131 cm³/mol. The highest BCUT2D eigenvalue weighted by Gasteiger charge is 2.42. The van der Waals surface area contributed by atoms with Crippen LogP contribution >= 0.6 is 0 Å². The summed E-state index contributed by atoms with van der Waals surface area (Å²) in [6.45, 7) is 11.1. The van der Waals surface area contributed by atoms with E-state index in [1.165, 1.54) is 0 Å². The van der Waals surface area contributed by atoms with Gasteiger partial charge in [-0.2, -0.15) is 0 Å². The monoisotopic (exact) mass is 451 g/mol. The van der Waals surface area contributed by atoms with Gasteiger partial charge in [0.2, 0.25) is 11.8 Å². The average molecular weight is 452 g/mol. The Balaban J connectivity index is 1.48. The smallest absolute Gasteiger partial charge is 0.245 e. The first-order valence-electron chi connectivity index (χ1n) is 12.2. The number of carbonyl (C=O) groups is 2. The molecule has 2 N–H and O–H groups in total. The van der Waals surface area contributed by atoms with E-state index in [0.29, 0.717) is 18.3 Å². The average Bonchev–Trinajstić information content (AvgIpc) is 3.07. The minimum absolute atomic E-state index is 0.00818. The summed E-state index contributed by atoms with van der Waals surface area (Å²) in [7, 11) is 0. The lowest BCUT2D eigenvalue weighted by Gasteiger charge is -2.42. The molecule has 0 bridgehead atoms. The van der Waals surface area contributed by atoms with Gasteiger partial charge in [-0.25, -0.2) is 9.97 Å². The summed E-state index contributed by atoms with van der Waals surface area (Å²) in [6.07, 6.45) is 6.36. The molecule has 2 aromatic rings. The van der Waals surface area contributed by atoms with E-state index in [2.05, 4.69) is 47.4 Å². The molecule has 2 fully saturated rings. The third-order valence-corrected chi connectivity index (χ3v) is 6.95. The van der Waals surface area contributed by atoms with Gasteiger partial charge in [0.05, 0.1) is 11.6 Å². The first kappa shape index (κ1) is 23.5. The lowest BCUT2D eigenvalue weighted by Crippen LogP contribution is -2.55. The molecule has 4 rings (SSSR count). The zero-order valence-electron chi connectivity index (χ0n) is 20.5. The molecule has 1 aromatic carbocycles. The predicted octanol–water partition coefficient (Wildman–Crippen LogP) is 4.06. The van der Waals surface area contributed by atoms with Gasteiger partial charge in [0.1, 0.15) is 18.2 Å². The van der Waals surface area contributed by atoms with Crippen LogP contribution in [0.4, 0.5) is 5.82 Å². The van der Waals surface area contributed by atoms with E-state index in [-0.39, 0.29) is 35.4 Å². The maximum atomic E-state index is 13.5. The number of hydrogen-bond acceptors (Lipinski definition) is 5. The summed E-state index contributed by atoms with van der Waals surface area (Å²) in [5.74, 6) is 1.35. The van der Waals surface area contributed by atoms with Crippen molar-refractivity contribution in [3.05, 3.63) is 30.1 Å². The number of nitrogens with one attached hydrogen (secondary N) is 2. The Morgan fingerprint density at radius 1 is 1.18 bits per heavy atom. The van der Waals surface area contributed by atoms with Gasteiger partial charge in [-0.15, -0.1) is 0 Å². The summed E-state index contributed by atoms with van der Waals surface area (Å²) < 4.78 is 0. The molecule has 0 radical (unpaired) electrons. The molecule has 7 heteroatoms.